The first kappa shape index (κ1) is 11.2. The Kier molecular flexibility index (Phi) is 3.01. The van der Waals surface area contributed by atoms with Gasteiger partial charge in [0, 0.05) is 11.3 Å². The lowest BCUT2D eigenvalue weighted by Crippen LogP contribution is -1.92. The van der Waals surface area contributed by atoms with Crippen LogP contribution in [-0.4, -0.2) is 9.97 Å². The quantitative estimate of drug-likeness (QED) is 0.745. The third kappa shape index (κ3) is 2.27. The lowest BCUT2D eigenvalue weighted by Gasteiger charge is -2.04. The van der Waals surface area contributed by atoms with Gasteiger partial charge in [0.15, 0.2) is 4.73 Å². The lowest BCUT2D eigenvalue weighted by atomic mass is 10.1. The summed E-state index contributed by atoms with van der Waals surface area (Å²) in [6, 6.07) is 6.83. The maximum atomic E-state index is 13.1. The normalized spacial score (nSPS) is 10.5. The van der Waals surface area contributed by atoms with Crippen LogP contribution >= 0.6 is 15.9 Å². The summed E-state index contributed by atoms with van der Waals surface area (Å²) < 4.78 is 13.7. The second-order valence-corrected chi connectivity index (χ2v) is 4.34. The van der Waals surface area contributed by atoms with Crippen molar-refractivity contribution in [2.24, 2.45) is 0 Å². The molecule has 0 saturated carbocycles. The number of aryl methyl sites for hydroxylation is 2. The van der Waals surface area contributed by atoms with Gasteiger partial charge in [-0.25, -0.2) is 14.4 Å². The van der Waals surface area contributed by atoms with E-state index in [0.717, 1.165) is 17.0 Å². The molecular weight excluding hydrogens is 271 g/mol. The molecule has 2 aromatic rings. The number of hydrogen-bond acceptors (Lipinski definition) is 2. The van der Waals surface area contributed by atoms with Gasteiger partial charge in [-0.1, -0.05) is 0 Å². The predicted octanol–water partition coefficient (Wildman–Crippen LogP) is 3.66. The lowest BCUT2D eigenvalue weighted by molar-refractivity contribution is 0.619. The van der Waals surface area contributed by atoms with E-state index < -0.39 is 0 Å². The van der Waals surface area contributed by atoms with Crippen LogP contribution in [0.15, 0.2) is 29.0 Å². The van der Waals surface area contributed by atoms with Gasteiger partial charge in [-0.2, -0.15) is 0 Å². The molecule has 0 bridgehead atoms. The molecule has 1 heterocycles. The number of aromatic nitrogens is 2. The fourth-order valence-electron chi connectivity index (χ4n) is 1.48. The Labute approximate surface area is 102 Å². The minimum absolute atomic E-state index is 0.200. The molecule has 0 atom stereocenters. The van der Waals surface area contributed by atoms with Crippen LogP contribution in [0, 0.1) is 19.7 Å². The molecule has 0 saturated heterocycles. The molecule has 0 aliphatic carbocycles. The maximum absolute atomic E-state index is 13.1. The Balaban J connectivity index is 2.54. The highest BCUT2D eigenvalue weighted by atomic mass is 79.9. The summed E-state index contributed by atoms with van der Waals surface area (Å²) in [5.74, 6) is -0.200. The summed E-state index contributed by atoms with van der Waals surface area (Å²) in [4.78, 5) is 8.39. The topological polar surface area (TPSA) is 25.8 Å². The monoisotopic (exact) mass is 280 g/mol. The Bertz CT molecular complexity index is 520. The zero-order valence-electron chi connectivity index (χ0n) is 8.96. The van der Waals surface area contributed by atoms with E-state index in [4.69, 9.17) is 0 Å². The molecule has 0 fully saturated rings. The summed E-state index contributed by atoms with van der Waals surface area (Å²) in [6.45, 7) is 3.63. The van der Waals surface area contributed by atoms with Crippen LogP contribution < -0.4 is 0 Å². The zero-order valence-corrected chi connectivity index (χ0v) is 10.5. The van der Waals surface area contributed by atoms with Gasteiger partial charge in [-0.15, -0.1) is 0 Å². The minimum atomic E-state index is -0.200. The first-order valence-corrected chi connectivity index (χ1v) is 5.63. The Hall–Kier alpha value is -1.29. The van der Waals surface area contributed by atoms with Crippen LogP contribution in [-0.2, 0) is 0 Å². The SMILES string of the molecule is Cc1cc(-c2ccc(F)c(C)c2)nc(Br)n1. The van der Waals surface area contributed by atoms with Gasteiger partial charge >= 0.3 is 0 Å². The van der Waals surface area contributed by atoms with Crippen LogP contribution in [0.1, 0.15) is 11.3 Å². The summed E-state index contributed by atoms with van der Waals surface area (Å²) in [5, 5.41) is 0. The van der Waals surface area contributed by atoms with Crippen LogP contribution in [0.25, 0.3) is 11.3 Å². The molecule has 0 radical (unpaired) electrons. The molecule has 0 amide bonds. The third-order valence-electron chi connectivity index (χ3n) is 2.28. The van der Waals surface area contributed by atoms with Gasteiger partial charge in [0.2, 0.25) is 0 Å². The van der Waals surface area contributed by atoms with Gasteiger partial charge in [0.25, 0.3) is 0 Å². The van der Waals surface area contributed by atoms with Crippen molar-refractivity contribution < 1.29 is 4.39 Å². The smallest absolute Gasteiger partial charge is 0.197 e. The summed E-state index contributed by atoms with van der Waals surface area (Å²) in [7, 11) is 0. The minimum Gasteiger partial charge on any atom is -0.227 e. The maximum Gasteiger partial charge on any atom is 0.197 e. The molecule has 0 spiro atoms. The number of nitrogens with zero attached hydrogens (tertiary/aromatic N) is 2. The molecule has 2 nitrogen and oxygen atoms in total. The van der Waals surface area contributed by atoms with Gasteiger partial charge in [-0.3, -0.25) is 0 Å². The first-order chi connectivity index (χ1) is 7.56. The largest absolute Gasteiger partial charge is 0.227 e. The second-order valence-electron chi connectivity index (χ2n) is 3.63. The van der Waals surface area contributed by atoms with Gasteiger partial charge in [0.1, 0.15) is 5.82 Å². The summed E-state index contributed by atoms with van der Waals surface area (Å²) >= 11 is 3.25. The molecule has 1 aromatic heterocycles. The van der Waals surface area contributed by atoms with Crippen molar-refractivity contribution >= 4 is 15.9 Å². The third-order valence-corrected chi connectivity index (χ3v) is 2.64. The highest BCUT2D eigenvalue weighted by molar-refractivity contribution is 9.10. The highest BCUT2D eigenvalue weighted by Crippen LogP contribution is 2.21. The van der Waals surface area contributed by atoms with Crippen molar-refractivity contribution in [2.75, 3.05) is 0 Å². The van der Waals surface area contributed by atoms with Gasteiger partial charge < -0.3 is 0 Å². The van der Waals surface area contributed by atoms with Gasteiger partial charge in [-0.05, 0) is 59.6 Å². The summed E-state index contributed by atoms with van der Waals surface area (Å²) in [5.41, 5.74) is 3.18. The van der Waals surface area contributed by atoms with Gasteiger partial charge in [0.05, 0.1) is 5.69 Å². The van der Waals surface area contributed by atoms with E-state index >= 15 is 0 Å². The highest BCUT2D eigenvalue weighted by Gasteiger charge is 2.05. The van der Waals surface area contributed by atoms with Crippen molar-refractivity contribution in [1.29, 1.82) is 0 Å². The average Bonchev–Trinajstić information content (AvgIpc) is 2.20. The first-order valence-electron chi connectivity index (χ1n) is 4.84. The Morgan fingerprint density at radius 2 is 1.88 bits per heavy atom. The van der Waals surface area contributed by atoms with Crippen LogP contribution in [0.2, 0.25) is 0 Å². The molecule has 2 rings (SSSR count). The van der Waals surface area contributed by atoms with E-state index in [1.807, 2.05) is 13.0 Å². The Morgan fingerprint density at radius 1 is 1.12 bits per heavy atom. The Morgan fingerprint density at radius 3 is 2.50 bits per heavy atom. The average molecular weight is 281 g/mol. The molecule has 0 N–H and O–H groups in total. The molecular formula is C12H10BrFN2. The van der Waals surface area contributed by atoms with E-state index in [0.29, 0.717) is 10.3 Å². The van der Waals surface area contributed by atoms with Crippen molar-refractivity contribution in [3.8, 4) is 11.3 Å². The molecule has 82 valence electrons. The number of benzene rings is 1. The standard InChI is InChI=1S/C12H10BrFN2/c1-7-5-9(3-4-10(7)14)11-6-8(2)15-12(13)16-11/h3-6H,1-2H3. The second kappa shape index (κ2) is 4.29. The summed E-state index contributed by atoms with van der Waals surface area (Å²) in [6.07, 6.45) is 0. The zero-order chi connectivity index (χ0) is 11.7. The number of halogens is 2. The fourth-order valence-corrected chi connectivity index (χ4v) is 1.95. The number of rotatable bonds is 1. The van der Waals surface area contributed by atoms with E-state index in [9.17, 15) is 4.39 Å². The molecule has 0 unspecified atom stereocenters. The van der Waals surface area contributed by atoms with E-state index in [1.54, 1.807) is 19.1 Å². The van der Waals surface area contributed by atoms with Crippen molar-refractivity contribution in [1.82, 2.24) is 9.97 Å². The molecule has 0 aliphatic heterocycles. The van der Waals surface area contributed by atoms with Crippen molar-refractivity contribution in [3.05, 3.63) is 46.1 Å². The van der Waals surface area contributed by atoms with Crippen molar-refractivity contribution in [3.63, 3.8) is 0 Å². The molecule has 16 heavy (non-hydrogen) atoms. The van der Waals surface area contributed by atoms with Crippen LogP contribution in [0.4, 0.5) is 4.39 Å². The molecule has 4 heteroatoms. The molecule has 0 aliphatic rings. The van der Waals surface area contributed by atoms with E-state index in [-0.39, 0.29) is 5.82 Å². The van der Waals surface area contributed by atoms with E-state index in [2.05, 4.69) is 25.9 Å². The molecule has 1 aromatic carbocycles. The van der Waals surface area contributed by atoms with Crippen LogP contribution in [0.3, 0.4) is 0 Å². The predicted molar refractivity (Wildman–Crippen MR) is 64.6 cm³/mol. The van der Waals surface area contributed by atoms with E-state index in [1.165, 1.54) is 6.07 Å². The van der Waals surface area contributed by atoms with Crippen molar-refractivity contribution in [2.45, 2.75) is 13.8 Å². The number of hydrogen-bond donors (Lipinski definition) is 0. The van der Waals surface area contributed by atoms with Crippen LogP contribution in [0.5, 0.6) is 0 Å². The fraction of sp³-hybridized carbons (Fsp3) is 0.167.